The molecule has 8 nitrogen and oxygen atoms in total. The van der Waals surface area contributed by atoms with Crippen LogP contribution in [0.15, 0.2) is 34.0 Å². The fourth-order valence-corrected chi connectivity index (χ4v) is 2.53. The molecule has 24 heavy (non-hydrogen) atoms. The minimum atomic E-state index is -0.645. The van der Waals surface area contributed by atoms with Crippen molar-refractivity contribution >= 4 is 23.1 Å². The molecular weight excluding hydrogens is 320 g/mol. The third kappa shape index (κ3) is 2.19. The van der Waals surface area contributed by atoms with Crippen LogP contribution < -0.4 is 5.73 Å². The van der Waals surface area contributed by atoms with Crippen LogP contribution >= 0.6 is 0 Å². The molecule has 122 valence electrons. The van der Waals surface area contributed by atoms with Gasteiger partial charge in [-0.2, -0.15) is 0 Å². The number of hydrogen-bond acceptors (Lipinski definition) is 7. The molecule has 2 aromatic heterocycles. The molecule has 3 aromatic rings. The Bertz CT molecular complexity index is 975. The molecule has 0 radical (unpaired) electrons. The number of allylic oxidation sites excluding steroid dienone is 1. The average Bonchev–Trinajstić information content (AvgIpc) is 3.16. The summed E-state index contributed by atoms with van der Waals surface area (Å²) in [4.78, 5) is 10.1. The fourth-order valence-electron chi connectivity index (χ4n) is 2.53. The molecule has 0 amide bonds. The fraction of sp³-hybridized carbons (Fsp3) is 0.143. The van der Waals surface area contributed by atoms with Crippen molar-refractivity contribution < 1.29 is 13.4 Å². The van der Waals surface area contributed by atoms with Crippen molar-refractivity contribution in [2.24, 2.45) is 4.99 Å². The van der Waals surface area contributed by atoms with E-state index in [0.29, 0.717) is 6.67 Å². The predicted molar refractivity (Wildman–Crippen MR) is 81.7 cm³/mol. The SMILES string of the molecule is Nc1nonc1-c1nc2c(F)ccc(F)c2n1CN1C=CC=NC1. The summed E-state index contributed by atoms with van der Waals surface area (Å²) in [6, 6.07) is 2.07. The maximum absolute atomic E-state index is 14.4. The van der Waals surface area contributed by atoms with E-state index >= 15 is 0 Å². The lowest BCUT2D eigenvalue weighted by atomic mass is 10.3. The third-order valence-corrected chi connectivity index (χ3v) is 3.60. The number of halogens is 2. The number of benzene rings is 1. The molecule has 4 rings (SSSR count). The summed E-state index contributed by atoms with van der Waals surface area (Å²) in [6.07, 6.45) is 5.18. The average molecular weight is 331 g/mol. The first-order chi connectivity index (χ1) is 11.6. The van der Waals surface area contributed by atoms with Crippen molar-refractivity contribution in [3.05, 3.63) is 36.0 Å². The molecule has 1 aromatic carbocycles. The van der Waals surface area contributed by atoms with Crippen molar-refractivity contribution in [2.75, 3.05) is 12.4 Å². The van der Waals surface area contributed by atoms with Gasteiger partial charge in [0.1, 0.15) is 23.5 Å². The van der Waals surface area contributed by atoms with Gasteiger partial charge in [0.2, 0.25) is 0 Å². The van der Waals surface area contributed by atoms with Crippen molar-refractivity contribution in [3.8, 4) is 11.5 Å². The smallest absolute Gasteiger partial charge is 0.199 e. The summed E-state index contributed by atoms with van der Waals surface area (Å²) in [5, 5.41) is 7.18. The molecule has 0 spiro atoms. The van der Waals surface area contributed by atoms with Gasteiger partial charge in [0, 0.05) is 12.4 Å². The van der Waals surface area contributed by atoms with Crippen LogP contribution in [0.5, 0.6) is 0 Å². The van der Waals surface area contributed by atoms with Crippen LogP contribution in [0.2, 0.25) is 0 Å². The van der Waals surface area contributed by atoms with E-state index in [1.165, 1.54) is 4.57 Å². The minimum Gasteiger partial charge on any atom is -0.379 e. The van der Waals surface area contributed by atoms with E-state index in [1.807, 2.05) is 0 Å². The highest BCUT2D eigenvalue weighted by Crippen LogP contribution is 2.30. The zero-order chi connectivity index (χ0) is 16.7. The first-order valence-electron chi connectivity index (χ1n) is 6.98. The Morgan fingerprint density at radius 3 is 2.75 bits per heavy atom. The number of anilines is 1. The summed E-state index contributed by atoms with van der Waals surface area (Å²) in [6.45, 7) is 0.547. The quantitative estimate of drug-likeness (QED) is 0.785. The molecule has 2 N–H and O–H groups in total. The Kier molecular flexibility index (Phi) is 3.22. The van der Waals surface area contributed by atoms with E-state index in [0.717, 1.165) is 12.1 Å². The lowest BCUT2D eigenvalue weighted by Crippen LogP contribution is -2.23. The topological polar surface area (TPSA) is 98.4 Å². The Balaban J connectivity index is 1.93. The van der Waals surface area contributed by atoms with Gasteiger partial charge in [-0.1, -0.05) is 0 Å². The molecular formula is C14H11F2N7O. The molecule has 0 bridgehead atoms. The summed E-state index contributed by atoms with van der Waals surface area (Å²) >= 11 is 0. The zero-order valence-electron chi connectivity index (χ0n) is 12.2. The third-order valence-electron chi connectivity index (χ3n) is 3.60. The van der Waals surface area contributed by atoms with Crippen molar-refractivity contribution in [2.45, 2.75) is 6.67 Å². The van der Waals surface area contributed by atoms with Crippen LogP contribution in [-0.2, 0) is 6.67 Å². The van der Waals surface area contributed by atoms with Gasteiger partial charge in [0.15, 0.2) is 23.2 Å². The number of hydrogen-bond donors (Lipinski definition) is 1. The number of nitrogens with zero attached hydrogens (tertiary/aromatic N) is 6. The van der Waals surface area contributed by atoms with Crippen LogP contribution in [0, 0.1) is 11.6 Å². The monoisotopic (exact) mass is 331 g/mol. The molecule has 1 aliphatic rings. The number of aliphatic imine (C=N–C) groups is 1. The number of rotatable bonds is 3. The normalized spacial score (nSPS) is 14.0. The second-order valence-corrected chi connectivity index (χ2v) is 5.13. The number of nitrogen functional groups attached to an aromatic ring is 1. The number of nitrogens with two attached hydrogens (primary N) is 1. The Morgan fingerprint density at radius 2 is 2.04 bits per heavy atom. The first-order valence-corrected chi connectivity index (χ1v) is 6.98. The van der Waals surface area contributed by atoms with Gasteiger partial charge in [-0.15, -0.1) is 0 Å². The van der Waals surface area contributed by atoms with Gasteiger partial charge in [-0.3, -0.25) is 4.99 Å². The highest BCUT2D eigenvalue weighted by Gasteiger charge is 2.24. The van der Waals surface area contributed by atoms with Gasteiger partial charge >= 0.3 is 0 Å². The summed E-state index contributed by atoms with van der Waals surface area (Å²) in [7, 11) is 0. The second kappa shape index (κ2) is 5.41. The largest absolute Gasteiger partial charge is 0.379 e. The van der Waals surface area contributed by atoms with E-state index in [9.17, 15) is 8.78 Å². The lowest BCUT2D eigenvalue weighted by Gasteiger charge is -2.21. The first kappa shape index (κ1) is 14.3. The Hall–Kier alpha value is -3.30. The van der Waals surface area contributed by atoms with Crippen LogP contribution in [-0.4, -0.2) is 37.6 Å². The summed E-state index contributed by atoms with van der Waals surface area (Å²) in [5.74, 6) is -1.10. The molecule has 0 saturated carbocycles. The number of aromatic nitrogens is 4. The van der Waals surface area contributed by atoms with Gasteiger partial charge in [0.25, 0.3) is 0 Å². The van der Waals surface area contributed by atoms with E-state index in [2.05, 4.69) is 24.9 Å². The summed E-state index contributed by atoms with van der Waals surface area (Å²) in [5.41, 5.74) is 5.73. The lowest BCUT2D eigenvalue weighted by molar-refractivity contribution is 0.306. The zero-order valence-corrected chi connectivity index (χ0v) is 12.2. The van der Waals surface area contributed by atoms with E-state index in [-0.39, 0.29) is 35.0 Å². The van der Waals surface area contributed by atoms with Crippen molar-refractivity contribution in [3.63, 3.8) is 0 Å². The van der Waals surface area contributed by atoms with Crippen LogP contribution in [0.1, 0.15) is 0 Å². The molecule has 0 fully saturated rings. The molecule has 1 aliphatic heterocycles. The van der Waals surface area contributed by atoms with Crippen LogP contribution in [0.4, 0.5) is 14.6 Å². The molecule has 0 aliphatic carbocycles. The maximum atomic E-state index is 14.4. The highest BCUT2D eigenvalue weighted by atomic mass is 19.1. The van der Waals surface area contributed by atoms with Gasteiger partial charge < -0.3 is 15.2 Å². The van der Waals surface area contributed by atoms with Crippen molar-refractivity contribution in [1.29, 1.82) is 0 Å². The van der Waals surface area contributed by atoms with E-state index in [4.69, 9.17) is 5.73 Å². The summed E-state index contributed by atoms with van der Waals surface area (Å²) < 4.78 is 34.5. The predicted octanol–water partition coefficient (Wildman–Crippen LogP) is 1.76. The van der Waals surface area contributed by atoms with Gasteiger partial charge in [-0.25, -0.2) is 18.4 Å². The standard InChI is InChI=1S/C14H11F2N7O/c15-8-2-3-9(16)12-10(8)19-14(11-13(17)21-24-20-11)23(12)7-22-5-1-4-18-6-22/h1-5H,6-7H2,(H2,17,21). The number of fused-ring (bicyclic) bond motifs is 1. The molecule has 10 heteroatoms. The van der Waals surface area contributed by atoms with E-state index < -0.39 is 11.6 Å². The van der Waals surface area contributed by atoms with Gasteiger partial charge in [0.05, 0.1) is 6.67 Å². The maximum Gasteiger partial charge on any atom is 0.199 e. The second-order valence-electron chi connectivity index (χ2n) is 5.13. The Morgan fingerprint density at radius 1 is 1.21 bits per heavy atom. The molecule has 0 unspecified atom stereocenters. The van der Waals surface area contributed by atoms with Gasteiger partial charge in [-0.05, 0) is 28.5 Å². The van der Waals surface area contributed by atoms with Crippen LogP contribution in [0.25, 0.3) is 22.6 Å². The molecule has 3 heterocycles. The van der Waals surface area contributed by atoms with Crippen molar-refractivity contribution in [1.82, 2.24) is 24.8 Å². The molecule has 0 atom stereocenters. The van der Waals surface area contributed by atoms with Crippen LogP contribution in [0.3, 0.4) is 0 Å². The molecule has 0 saturated heterocycles. The van der Waals surface area contributed by atoms with E-state index in [1.54, 1.807) is 23.4 Å². The highest BCUT2D eigenvalue weighted by molar-refractivity contribution is 5.82. The minimum absolute atomic E-state index is 0.00959. The number of imidazole rings is 1. The Labute approximate surface area is 133 Å².